The Morgan fingerprint density at radius 2 is 2.12 bits per heavy atom. The van der Waals surface area contributed by atoms with Gasteiger partial charge in [-0.2, -0.15) is 0 Å². The fraction of sp³-hybridized carbons (Fsp3) is 0.500. The summed E-state index contributed by atoms with van der Waals surface area (Å²) in [7, 11) is 0. The lowest BCUT2D eigenvalue weighted by Crippen LogP contribution is -2.35. The summed E-state index contributed by atoms with van der Waals surface area (Å²) in [5, 5.41) is 25.2. The van der Waals surface area contributed by atoms with Crippen molar-refractivity contribution in [2.75, 3.05) is 19.8 Å². The highest BCUT2D eigenvalue weighted by atomic mass is 16.6. The molecule has 1 aliphatic carbocycles. The van der Waals surface area contributed by atoms with Crippen LogP contribution in [0.25, 0.3) is 0 Å². The van der Waals surface area contributed by atoms with Gasteiger partial charge in [0, 0.05) is 42.0 Å². The van der Waals surface area contributed by atoms with Crippen LogP contribution in [0.4, 0.5) is 5.69 Å². The van der Waals surface area contributed by atoms with Gasteiger partial charge in [-0.3, -0.25) is 14.9 Å². The number of rotatable bonds is 7. The molecule has 0 bridgehead atoms. The Morgan fingerprint density at radius 1 is 1.32 bits per heavy atom. The van der Waals surface area contributed by atoms with Crippen molar-refractivity contribution >= 4 is 17.4 Å². The lowest BCUT2D eigenvalue weighted by atomic mass is 9.75. The van der Waals surface area contributed by atoms with Gasteiger partial charge < -0.3 is 24.6 Å². The number of allylic oxidation sites excluding steroid dienone is 3. The molecule has 0 aromatic heterocycles. The van der Waals surface area contributed by atoms with Crippen molar-refractivity contribution in [3.63, 3.8) is 0 Å². The molecule has 10 nitrogen and oxygen atoms in total. The number of nitro groups is 1. The number of ether oxygens (including phenoxy) is 3. The number of nitro benzene ring substituents is 1. The fourth-order valence-electron chi connectivity index (χ4n) is 4.79. The molecule has 0 spiro atoms. The molecule has 1 saturated heterocycles. The zero-order chi connectivity index (χ0) is 24.4. The molecule has 2 heterocycles. The summed E-state index contributed by atoms with van der Waals surface area (Å²) in [5.41, 5.74) is 1.56. The molecule has 0 radical (unpaired) electrons. The first-order valence-electron chi connectivity index (χ1n) is 11.5. The fourth-order valence-corrected chi connectivity index (χ4v) is 4.79. The summed E-state index contributed by atoms with van der Waals surface area (Å²) >= 11 is 0. The van der Waals surface area contributed by atoms with E-state index in [0.717, 1.165) is 12.8 Å². The Hall–Kier alpha value is -3.40. The Morgan fingerprint density at radius 3 is 2.79 bits per heavy atom. The Kier molecular flexibility index (Phi) is 6.87. The third-order valence-electron chi connectivity index (χ3n) is 6.33. The van der Waals surface area contributed by atoms with E-state index in [1.54, 1.807) is 13.8 Å². The molecular formula is C24H28N2O8. The lowest BCUT2D eigenvalue weighted by molar-refractivity contribution is -0.386. The van der Waals surface area contributed by atoms with E-state index >= 15 is 0 Å². The third-order valence-corrected chi connectivity index (χ3v) is 6.33. The van der Waals surface area contributed by atoms with Crippen LogP contribution >= 0.6 is 0 Å². The first kappa shape index (κ1) is 23.7. The second kappa shape index (κ2) is 9.84. The Labute approximate surface area is 196 Å². The van der Waals surface area contributed by atoms with Gasteiger partial charge in [0.05, 0.1) is 23.2 Å². The number of phenolic OH excluding ortho intramolecular Hbond substituents is 1. The summed E-state index contributed by atoms with van der Waals surface area (Å²) in [6, 6.07) is 2.65. The topological polar surface area (TPSA) is 137 Å². The number of nitrogens with zero attached hydrogens (tertiary/aromatic N) is 1. The van der Waals surface area contributed by atoms with Crippen LogP contribution in [0.5, 0.6) is 11.5 Å². The number of phenols is 1. The zero-order valence-corrected chi connectivity index (χ0v) is 19.2. The van der Waals surface area contributed by atoms with Gasteiger partial charge in [-0.15, -0.1) is 0 Å². The second-order valence-electron chi connectivity index (χ2n) is 8.58. The number of esters is 1. The molecule has 2 aliphatic heterocycles. The summed E-state index contributed by atoms with van der Waals surface area (Å²) in [4.78, 5) is 37.3. The Balaban J connectivity index is 1.81. The standard InChI is InChI=1S/C24H28N2O8/c1-3-32-19-11-14(10-17(23(19)28)26(30)31)21-20(24(29)34-12-15-6-5-9-33-15)13(2)25-16-7-4-8-18(27)22(16)21/h10-11,15,21,25,28H,3-9,12H2,1-2H3/t15-,21-/m1/s1. The predicted octanol–water partition coefficient (Wildman–Crippen LogP) is 3.39. The van der Waals surface area contributed by atoms with Crippen molar-refractivity contribution in [3.8, 4) is 11.5 Å². The number of nitrogens with one attached hydrogen (secondary N) is 1. The molecule has 2 N–H and O–H groups in total. The Bertz CT molecular complexity index is 1080. The van der Waals surface area contributed by atoms with Crippen molar-refractivity contribution in [2.45, 2.75) is 58.0 Å². The number of ketones is 1. The average molecular weight is 472 g/mol. The molecule has 0 unspecified atom stereocenters. The highest BCUT2D eigenvalue weighted by molar-refractivity contribution is 6.03. The molecule has 34 heavy (non-hydrogen) atoms. The summed E-state index contributed by atoms with van der Waals surface area (Å²) < 4.78 is 16.5. The molecule has 1 aromatic rings. The van der Waals surface area contributed by atoms with Gasteiger partial charge in [-0.1, -0.05) is 0 Å². The van der Waals surface area contributed by atoms with Gasteiger partial charge in [0.15, 0.2) is 11.5 Å². The van der Waals surface area contributed by atoms with Gasteiger partial charge in [0.2, 0.25) is 5.75 Å². The van der Waals surface area contributed by atoms with Gasteiger partial charge in [-0.05, 0) is 51.2 Å². The van der Waals surface area contributed by atoms with Crippen LogP contribution in [-0.4, -0.2) is 47.7 Å². The number of hydrogen-bond acceptors (Lipinski definition) is 9. The third kappa shape index (κ3) is 4.50. The van der Waals surface area contributed by atoms with Crippen LogP contribution in [0.15, 0.2) is 34.7 Å². The van der Waals surface area contributed by atoms with Crippen LogP contribution in [0.1, 0.15) is 57.4 Å². The normalized spacial score (nSPS) is 22.4. The highest BCUT2D eigenvalue weighted by Crippen LogP contribution is 2.47. The molecular weight excluding hydrogens is 444 g/mol. The molecule has 2 atom stereocenters. The van der Waals surface area contributed by atoms with Gasteiger partial charge in [0.1, 0.15) is 6.61 Å². The largest absolute Gasteiger partial charge is 0.500 e. The zero-order valence-electron chi connectivity index (χ0n) is 19.2. The van der Waals surface area contributed by atoms with Crippen LogP contribution in [0, 0.1) is 10.1 Å². The second-order valence-corrected chi connectivity index (χ2v) is 8.58. The first-order valence-corrected chi connectivity index (χ1v) is 11.5. The van der Waals surface area contributed by atoms with Crippen molar-refractivity contribution in [1.82, 2.24) is 5.32 Å². The van der Waals surface area contributed by atoms with E-state index in [4.69, 9.17) is 14.2 Å². The van der Waals surface area contributed by atoms with Crippen molar-refractivity contribution in [1.29, 1.82) is 0 Å². The van der Waals surface area contributed by atoms with Crippen LogP contribution in [0.3, 0.4) is 0 Å². The number of carbonyl (C=O) groups is 2. The SMILES string of the molecule is CCOc1cc([C@@H]2C(C(=O)OC[C@H]3CCCO3)=C(C)NC3=C2C(=O)CCC3)cc([N+](=O)[O-])c1O. The van der Waals surface area contributed by atoms with E-state index in [1.165, 1.54) is 12.1 Å². The number of carbonyl (C=O) groups excluding carboxylic acids is 2. The smallest absolute Gasteiger partial charge is 0.336 e. The van der Waals surface area contributed by atoms with Crippen LogP contribution < -0.4 is 10.1 Å². The molecule has 1 aromatic carbocycles. The quantitative estimate of drug-likeness (QED) is 0.347. The van der Waals surface area contributed by atoms with Gasteiger partial charge in [0.25, 0.3) is 0 Å². The summed E-state index contributed by atoms with van der Waals surface area (Å²) in [6.07, 6.45) is 3.12. The number of aromatic hydroxyl groups is 1. The minimum absolute atomic E-state index is 0.0830. The van der Waals surface area contributed by atoms with Gasteiger partial charge >= 0.3 is 11.7 Å². The van der Waals surface area contributed by atoms with E-state index in [2.05, 4.69) is 5.32 Å². The number of Topliss-reactive ketones (excluding diaryl/α,β-unsaturated/α-hetero) is 1. The number of benzene rings is 1. The van der Waals surface area contributed by atoms with E-state index in [0.29, 0.717) is 48.4 Å². The van der Waals surface area contributed by atoms with E-state index in [-0.39, 0.29) is 36.4 Å². The van der Waals surface area contributed by atoms with Gasteiger partial charge in [-0.25, -0.2) is 4.79 Å². The molecule has 0 amide bonds. The predicted molar refractivity (Wildman–Crippen MR) is 120 cm³/mol. The van der Waals surface area contributed by atoms with Crippen molar-refractivity contribution in [3.05, 3.63) is 50.4 Å². The summed E-state index contributed by atoms with van der Waals surface area (Å²) in [6.45, 7) is 4.28. The molecule has 10 heteroatoms. The monoisotopic (exact) mass is 472 g/mol. The van der Waals surface area contributed by atoms with E-state index in [1.807, 2.05) is 0 Å². The first-order chi connectivity index (χ1) is 16.3. The highest BCUT2D eigenvalue weighted by Gasteiger charge is 2.40. The number of hydrogen-bond donors (Lipinski definition) is 2. The van der Waals surface area contributed by atoms with Crippen LogP contribution in [-0.2, 0) is 19.1 Å². The van der Waals surface area contributed by atoms with Crippen molar-refractivity contribution < 1.29 is 33.8 Å². The average Bonchev–Trinajstić information content (AvgIpc) is 3.32. The minimum atomic E-state index is -0.889. The minimum Gasteiger partial charge on any atom is -0.500 e. The lowest BCUT2D eigenvalue weighted by Gasteiger charge is -2.34. The van der Waals surface area contributed by atoms with E-state index in [9.17, 15) is 24.8 Å². The summed E-state index contributed by atoms with van der Waals surface area (Å²) in [5.74, 6) is -2.33. The van der Waals surface area contributed by atoms with Crippen molar-refractivity contribution in [2.24, 2.45) is 0 Å². The molecule has 3 aliphatic rings. The maximum Gasteiger partial charge on any atom is 0.336 e. The molecule has 0 saturated carbocycles. The van der Waals surface area contributed by atoms with E-state index < -0.39 is 28.2 Å². The number of dihydropyridines is 1. The molecule has 182 valence electrons. The molecule has 4 rings (SSSR count). The maximum absolute atomic E-state index is 13.3. The molecule has 1 fully saturated rings. The maximum atomic E-state index is 13.3. The van der Waals surface area contributed by atoms with Crippen LogP contribution in [0.2, 0.25) is 0 Å².